The summed E-state index contributed by atoms with van der Waals surface area (Å²) in [5, 5.41) is 28.5. The lowest BCUT2D eigenvalue weighted by Gasteiger charge is -2.18. The highest BCUT2D eigenvalue weighted by Crippen LogP contribution is 2.40. The SMILES string of the molecule is CCOC(=O)C(Cc1ccccc1)[NH2+]CC(O)COc1cc(OC)c(OC)c(OC)c1.O=C([O-])C(=O)O. The van der Waals surface area contributed by atoms with Crippen molar-refractivity contribution in [3.05, 3.63) is 48.0 Å². The van der Waals surface area contributed by atoms with Gasteiger partial charge in [0.05, 0.1) is 27.9 Å². The second-order valence-corrected chi connectivity index (χ2v) is 7.44. The zero-order chi connectivity index (χ0) is 27.8. The van der Waals surface area contributed by atoms with E-state index >= 15 is 0 Å². The number of aliphatic hydroxyl groups is 1. The molecule has 0 saturated heterocycles. The quantitative estimate of drug-likeness (QED) is 0.217. The summed E-state index contributed by atoms with van der Waals surface area (Å²) in [5.74, 6) is -2.45. The Morgan fingerprint density at radius 2 is 1.57 bits per heavy atom. The van der Waals surface area contributed by atoms with Crippen molar-refractivity contribution in [2.45, 2.75) is 25.5 Å². The van der Waals surface area contributed by atoms with E-state index in [2.05, 4.69) is 0 Å². The summed E-state index contributed by atoms with van der Waals surface area (Å²) in [7, 11) is 4.57. The Morgan fingerprint density at radius 1 is 1.00 bits per heavy atom. The third-order valence-electron chi connectivity index (χ3n) is 4.84. The predicted octanol–water partition coefficient (Wildman–Crippen LogP) is -0.989. The van der Waals surface area contributed by atoms with Crippen LogP contribution in [0.4, 0.5) is 0 Å². The molecular weight excluding hydrogens is 490 g/mol. The molecule has 0 heterocycles. The minimum absolute atomic E-state index is 0.0377. The van der Waals surface area contributed by atoms with E-state index < -0.39 is 24.1 Å². The van der Waals surface area contributed by atoms with E-state index in [9.17, 15) is 9.90 Å². The monoisotopic (exact) mass is 523 g/mol. The van der Waals surface area contributed by atoms with Crippen LogP contribution in [-0.2, 0) is 25.5 Å². The van der Waals surface area contributed by atoms with Crippen LogP contribution in [0.25, 0.3) is 0 Å². The summed E-state index contributed by atoms with van der Waals surface area (Å²) < 4.78 is 26.8. The molecule has 0 saturated carbocycles. The van der Waals surface area contributed by atoms with Gasteiger partial charge in [0, 0.05) is 18.6 Å². The summed E-state index contributed by atoms with van der Waals surface area (Å²) >= 11 is 0. The van der Waals surface area contributed by atoms with Crippen LogP contribution >= 0.6 is 0 Å². The van der Waals surface area contributed by atoms with Gasteiger partial charge < -0.3 is 49.1 Å². The Kier molecular flexibility index (Phi) is 13.9. The third-order valence-corrected chi connectivity index (χ3v) is 4.84. The van der Waals surface area contributed by atoms with Crippen molar-refractivity contribution in [3.8, 4) is 23.0 Å². The van der Waals surface area contributed by atoms with Crippen molar-refractivity contribution in [3.63, 3.8) is 0 Å². The van der Waals surface area contributed by atoms with Crippen LogP contribution in [0.1, 0.15) is 12.5 Å². The van der Waals surface area contributed by atoms with Crippen molar-refractivity contribution >= 4 is 17.9 Å². The van der Waals surface area contributed by atoms with Gasteiger partial charge in [-0.3, -0.25) is 0 Å². The molecule has 4 N–H and O–H groups in total. The highest BCUT2D eigenvalue weighted by molar-refractivity contribution is 6.26. The molecular formula is C25H33NO11. The Labute approximate surface area is 214 Å². The van der Waals surface area contributed by atoms with Gasteiger partial charge in [0.1, 0.15) is 25.0 Å². The second-order valence-electron chi connectivity index (χ2n) is 7.44. The minimum atomic E-state index is -2.07. The molecule has 0 aliphatic heterocycles. The smallest absolute Gasteiger partial charge is 0.365 e. The molecule has 0 aromatic heterocycles. The van der Waals surface area contributed by atoms with Gasteiger partial charge in [-0.1, -0.05) is 30.3 Å². The van der Waals surface area contributed by atoms with E-state index in [1.54, 1.807) is 24.4 Å². The van der Waals surface area contributed by atoms with Gasteiger partial charge in [0.25, 0.3) is 0 Å². The maximum absolute atomic E-state index is 12.3. The molecule has 12 heteroatoms. The highest BCUT2D eigenvalue weighted by atomic mass is 16.5. The first kappa shape index (κ1) is 31.0. The molecule has 0 radical (unpaired) electrons. The molecule has 0 aliphatic carbocycles. The third kappa shape index (κ3) is 11.1. The summed E-state index contributed by atoms with van der Waals surface area (Å²) in [6.45, 7) is 2.40. The lowest BCUT2D eigenvalue weighted by molar-refractivity contribution is -0.683. The molecule has 2 aromatic carbocycles. The molecule has 12 nitrogen and oxygen atoms in total. The summed E-state index contributed by atoms with van der Waals surface area (Å²) in [6, 6.07) is 12.6. The van der Waals surface area contributed by atoms with E-state index in [4.69, 9.17) is 43.5 Å². The highest BCUT2D eigenvalue weighted by Gasteiger charge is 2.25. The number of esters is 1. The van der Waals surface area contributed by atoms with Crippen LogP contribution in [0.5, 0.6) is 23.0 Å². The number of aliphatic carboxylic acids is 2. The average molecular weight is 524 g/mol. The van der Waals surface area contributed by atoms with Gasteiger partial charge in [-0.05, 0) is 12.5 Å². The fourth-order valence-electron chi connectivity index (χ4n) is 3.10. The molecule has 2 aromatic rings. The molecule has 0 amide bonds. The van der Waals surface area contributed by atoms with Crippen molar-refractivity contribution in [2.24, 2.45) is 0 Å². The fourth-order valence-corrected chi connectivity index (χ4v) is 3.10. The van der Waals surface area contributed by atoms with E-state index in [0.717, 1.165) is 5.56 Å². The maximum atomic E-state index is 12.3. The maximum Gasteiger partial charge on any atom is 0.365 e. The molecule has 0 aliphatic rings. The van der Waals surface area contributed by atoms with Crippen LogP contribution in [-0.4, -0.2) is 81.4 Å². The lowest BCUT2D eigenvalue weighted by Crippen LogP contribution is -2.94. The van der Waals surface area contributed by atoms with Crippen LogP contribution in [0, 0.1) is 0 Å². The van der Waals surface area contributed by atoms with Crippen LogP contribution in [0.3, 0.4) is 0 Å². The molecule has 2 rings (SSSR count). The molecule has 37 heavy (non-hydrogen) atoms. The summed E-state index contributed by atoms with van der Waals surface area (Å²) in [4.78, 5) is 30.4. The van der Waals surface area contributed by atoms with Gasteiger partial charge in [-0.15, -0.1) is 0 Å². The molecule has 204 valence electrons. The van der Waals surface area contributed by atoms with Crippen molar-refractivity contribution in [1.82, 2.24) is 0 Å². The number of hydrogen-bond acceptors (Lipinski definition) is 10. The second kappa shape index (κ2) is 16.6. The van der Waals surface area contributed by atoms with E-state index in [-0.39, 0.29) is 19.1 Å². The van der Waals surface area contributed by atoms with Crippen molar-refractivity contribution < 1.29 is 58.7 Å². The van der Waals surface area contributed by atoms with Gasteiger partial charge in [0.2, 0.25) is 5.75 Å². The van der Waals surface area contributed by atoms with Crippen molar-refractivity contribution in [2.75, 3.05) is 41.1 Å². The number of carbonyl (C=O) groups is 3. The molecule has 0 spiro atoms. The zero-order valence-corrected chi connectivity index (χ0v) is 21.2. The Hall–Kier alpha value is -4.03. The van der Waals surface area contributed by atoms with Gasteiger partial charge in [0.15, 0.2) is 23.5 Å². The lowest BCUT2D eigenvalue weighted by atomic mass is 10.1. The fraction of sp³-hybridized carbons (Fsp3) is 0.400. The van der Waals surface area contributed by atoms with E-state index in [0.29, 0.717) is 36.0 Å². The Morgan fingerprint density at radius 3 is 2.03 bits per heavy atom. The summed E-state index contributed by atoms with van der Waals surface area (Å²) in [6.07, 6.45) is -0.285. The normalized spacial score (nSPS) is 11.7. The number of carbonyl (C=O) groups excluding carboxylic acids is 2. The zero-order valence-electron chi connectivity index (χ0n) is 21.2. The molecule has 2 unspecified atom stereocenters. The number of methoxy groups -OCH3 is 3. The number of benzene rings is 2. The first-order valence-electron chi connectivity index (χ1n) is 11.3. The van der Waals surface area contributed by atoms with Gasteiger partial charge >= 0.3 is 11.9 Å². The first-order chi connectivity index (χ1) is 17.7. The number of nitrogens with two attached hydrogens (primary N) is 1. The number of carboxylic acids is 2. The van der Waals surface area contributed by atoms with E-state index in [1.807, 2.05) is 30.3 Å². The number of quaternary nitrogens is 1. The number of rotatable bonds is 13. The van der Waals surface area contributed by atoms with E-state index in [1.165, 1.54) is 21.3 Å². The van der Waals surface area contributed by atoms with Gasteiger partial charge in [-0.25, -0.2) is 9.59 Å². The van der Waals surface area contributed by atoms with Gasteiger partial charge in [-0.2, -0.15) is 0 Å². The summed E-state index contributed by atoms with van der Waals surface area (Å²) in [5.41, 5.74) is 1.03. The molecule has 2 atom stereocenters. The molecule has 0 bridgehead atoms. The first-order valence-corrected chi connectivity index (χ1v) is 11.3. The number of aliphatic hydroxyl groups excluding tert-OH is 1. The average Bonchev–Trinajstić information content (AvgIpc) is 2.89. The number of hydrogen-bond donors (Lipinski definition) is 3. The minimum Gasteiger partial charge on any atom is -0.539 e. The largest absolute Gasteiger partial charge is 0.539 e. The Balaban J connectivity index is 0.00000102. The van der Waals surface area contributed by atoms with Crippen LogP contribution < -0.4 is 29.4 Å². The predicted molar refractivity (Wildman–Crippen MR) is 128 cm³/mol. The number of ether oxygens (including phenoxy) is 5. The van der Waals surface area contributed by atoms with Crippen LogP contribution in [0.15, 0.2) is 42.5 Å². The topological polar surface area (TPSA) is 177 Å². The van der Waals surface area contributed by atoms with Crippen molar-refractivity contribution in [1.29, 1.82) is 0 Å². The van der Waals surface area contributed by atoms with Crippen LogP contribution in [0.2, 0.25) is 0 Å². The Bertz CT molecular complexity index is 960. The number of carboxylic acid groups (broad SMARTS) is 2. The molecule has 0 fully saturated rings. The standard InChI is InChI=1S/C23H31NO7.C2H2O4/c1-5-30-23(26)19(11-16-9-7-6-8-10-16)24-14-17(25)15-31-18-12-20(27-2)22(29-4)21(13-18)28-3;3-1(4)2(5)6/h6-10,12-13,17,19,24-25H,5,11,14-15H2,1-4H3;(H,3,4)(H,5,6).